The first kappa shape index (κ1) is 6.99. The standard InChI is InChI=1S/C7H9NO2/c1-5(9)4-8-7(10)6-2-3-6/h2H,3-4H2,1H3,(H,8,10). The lowest BCUT2D eigenvalue weighted by Crippen LogP contribution is -2.27. The van der Waals surface area contributed by atoms with Crippen molar-refractivity contribution in [3.05, 3.63) is 11.6 Å². The second-order valence-corrected chi connectivity index (χ2v) is 2.32. The summed E-state index contributed by atoms with van der Waals surface area (Å²) in [6.45, 7) is 1.59. The van der Waals surface area contributed by atoms with Gasteiger partial charge in [-0.05, 0) is 13.3 Å². The van der Waals surface area contributed by atoms with Crippen LogP contribution in [-0.4, -0.2) is 18.2 Å². The molecule has 0 aromatic heterocycles. The normalized spacial score (nSPS) is 13.9. The molecule has 0 aromatic carbocycles. The molecule has 0 heterocycles. The van der Waals surface area contributed by atoms with E-state index in [0.717, 1.165) is 12.0 Å². The van der Waals surface area contributed by atoms with Crippen molar-refractivity contribution < 1.29 is 9.59 Å². The molecule has 0 saturated heterocycles. The minimum atomic E-state index is -0.102. The zero-order valence-electron chi connectivity index (χ0n) is 5.81. The fourth-order valence-electron chi connectivity index (χ4n) is 0.555. The van der Waals surface area contributed by atoms with Crippen LogP contribution in [0, 0.1) is 0 Å². The summed E-state index contributed by atoms with van der Waals surface area (Å²) in [5, 5.41) is 2.49. The van der Waals surface area contributed by atoms with Gasteiger partial charge in [0.1, 0.15) is 5.78 Å². The molecule has 0 spiro atoms. The zero-order valence-corrected chi connectivity index (χ0v) is 5.81. The van der Waals surface area contributed by atoms with E-state index in [1.165, 1.54) is 6.92 Å². The summed E-state index contributed by atoms with van der Waals surface area (Å²) in [6.07, 6.45) is 2.61. The van der Waals surface area contributed by atoms with Gasteiger partial charge in [-0.1, -0.05) is 6.08 Å². The lowest BCUT2D eigenvalue weighted by Gasteiger charge is -1.96. The Morgan fingerprint density at radius 3 is 2.70 bits per heavy atom. The van der Waals surface area contributed by atoms with Gasteiger partial charge in [-0.3, -0.25) is 9.59 Å². The predicted molar refractivity (Wildman–Crippen MR) is 36.4 cm³/mol. The highest BCUT2D eigenvalue weighted by atomic mass is 16.2. The molecular weight excluding hydrogens is 130 g/mol. The van der Waals surface area contributed by atoms with E-state index in [-0.39, 0.29) is 18.2 Å². The molecule has 0 aliphatic heterocycles. The Hall–Kier alpha value is -1.12. The molecule has 1 N–H and O–H groups in total. The largest absolute Gasteiger partial charge is 0.345 e. The van der Waals surface area contributed by atoms with Crippen LogP contribution in [0.2, 0.25) is 0 Å². The van der Waals surface area contributed by atoms with Crippen LogP contribution in [0.5, 0.6) is 0 Å². The maximum absolute atomic E-state index is 10.8. The molecule has 0 saturated carbocycles. The quantitative estimate of drug-likeness (QED) is 0.599. The van der Waals surface area contributed by atoms with E-state index in [2.05, 4.69) is 5.32 Å². The minimum absolute atomic E-state index is 0.0189. The third kappa shape index (κ3) is 2.01. The van der Waals surface area contributed by atoms with Gasteiger partial charge in [-0.25, -0.2) is 0 Å². The highest BCUT2D eigenvalue weighted by molar-refractivity contribution is 5.99. The number of Topliss-reactive ketones (excluding diaryl/α,β-unsaturated/α-hetero) is 1. The maximum atomic E-state index is 10.8. The van der Waals surface area contributed by atoms with Crippen molar-refractivity contribution in [2.24, 2.45) is 0 Å². The topological polar surface area (TPSA) is 46.2 Å². The Bertz CT molecular complexity index is 206. The van der Waals surface area contributed by atoms with Crippen molar-refractivity contribution in [1.82, 2.24) is 5.32 Å². The summed E-state index contributed by atoms with van der Waals surface area (Å²) >= 11 is 0. The van der Waals surface area contributed by atoms with Crippen LogP contribution < -0.4 is 5.32 Å². The number of carbonyl (C=O) groups excluding carboxylic acids is 2. The van der Waals surface area contributed by atoms with Gasteiger partial charge in [0.05, 0.1) is 6.54 Å². The molecule has 54 valence electrons. The number of allylic oxidation sites excluding steroid dienone is 1. The lowest BCUT2D eigenvalue weighted by atomic mass is 10.4. The molecule has 10 heavy (non-hydrogen) atoms. The predicted octanol–water partition coefficient (Wildman–Crippen LogP) is 0.0217. The summed E-state index contributed by atoms with van der Waals surface area (Å²) in [6, 6.07) is 0. The van der Waals surface area contributed by atoms with E-state index in [1.807, 2.05) is 6.08 Å². The van der Waals surface area contributed by atoms with Gasteiger partial charge >= 0.3 is 0 Å². The van der Waals surface area contributed by atoms with Crippen molar-refractivity contribution in [1.29, 1.82) is 0 Å². The van der Waals surface area contributed by atoms with Crippen LogP contribution in [0.25, 0.3) is 0 Å². The fourth-order valence-corrected chi connectivity index (χ4v) is 0.555. The third-order valence-electron chi connectivity index (χ3n) is 1.20. The van der Waals surface area contributed by atoms with Gasteiger partial charge in [-0.15, -0.1) is 0 Å². The molecule has 0 unspecified atom stereocenters. The molecule has 3 heteroatoms. The van der Waals surface area contributed by atoms with Gasteiger partial charge in [0.15, 0.2) is 0 Å². The maximum Gasteiger partial charge on any atom is 0.247 e. The summed E-state index contributed by atoms with van der Waals surface area (Å²) in [5.41, 5.74) is 0.793. The molecule has 1 aliphatic carbocycles. The number of hydrogen-bond donors (Lipinski definition) is 1. The Balaban J connectivity index is 2.18. The average Bonchev–Trinajstić information content (AvgIpc) is 2.63. The highest BCUT2D eigenvalue weighted by Gasteiger charge is 2.16. The van der Waals surface area contributed by atoms with Crippen molar-refractivity contribution in [3.63, 3.8) is 0 Å². The van der Waals surface area contributed by atoms with Crippen LogP contribution in [0.3, 0.4) is 0 Å². The number of rotatable bonds is 3. The minimum Gasteiger partial charge on any atom is -0.345 e. The molecule has 0 fully saturated rings. The Morgan fingerprint density at radius 2 is 2.30 bits per heavy atom. The number of ketones is 1. The van der Waals surface area contributed by atoms with Gasteiger partial charge in [-0.2, -0.15) is 0 Å². The average molecular weight is 139 g/mol. The first-order valence-electron chi connectivity index (χ1n) is 3.17. The molecule has 0 radical (unpaired) electrons. The van der Waals surface area contributed by atoms with Crippen LogP contribution in [-0.2, 0) is 9.59 Å². The van der Waals surface area contributed by atoms with Crippen LogP contribution in [0.1, 0.15) is 13.3 Å². The SMILES string of the molecule is CC(=O)CNC(=O)C1=CC1. The number of hydrogen-bond acceptors (Lipinski definition) is 2. The summed E-state index contributed by atoms with van der Waals surface area (Å²) in [5.74, 6) is -0.121. The lowest BCUT2D eigenvalue weighted by molar-refractivity contribution is -0.121. The third-order valence-corrected chi connectivity index (χ3v) is 1.20. The van der Waals surface area contributed by atoms with Crippen LogP contribution >= 0.6 is 0 Å². The zero-order chi connectivity index (χ0) is 7.56. The molecule has 1 aliphatic rings. The number of carbonyl (C=O) groups is 2. The van der Waals surface area contributed by atoms with Crippen molar-refractivity contribution >= 4 is 11.7 Å². The molecule has 3 nitrogen and oxygen atoms in total. The van der Waals surface area contributed by atoms with Crippen molar-refractivity contribution in [2.75, 3.05) is 6.54 Å². The molecule has 1 rings (SSSR count). The van der Waals surface area contributed by atoms with Gasteiger partial charge < -0.3 is 5.32 Å². The second kappa shape index (κ2) is 2.64. The molecule has 0 atom stereocenters. The fraction of sp³-hybridized carbons (Fsp3) is 0.429. The van der Waals surface area contributed by atoms with Crippen LogP contribution in [0.4, 0.5) is 0 Å². The molecule has 1 amide bonds. The number of nitrogens with one attached hydrogen (secondary N) is 1. The van der Waals surface area contributed by atoms with E-state index < -0.39 is 0 Å². The summed E-state index contributed by atoms with van der Waals surface area (Å²) in [7, 11) is 0. The summed E-state index contributed by atoms with van der Waals surface area (Å²) < 4.78 is 0. The van der Waals surface area contributed by atoms with Gasteiger partial charge in [0.2, 0.25) is 5.91 Å². The van der Waals surface area contributed by atoms with Crippen molar-refractivity contribution in [3.8, 4) is 0 Å². The van der Waals surface area contributed by atoms with Crippen LogP contribution in [0.15, 0.2) is 11.6 Å². The smallest absolute Gasteiger partial charge is 0.247 e. The Morgan fingerprint density at radius 1 is 1.70 bits per heavy atom. The van der Waals surface area contributed by atoms with Gasteiger partial charge in [0.25, 0.3) is 0 Å². The Labute approximate surface area is 59.1 Å². The summed E-state index contributed by atoms with van der Waals surface area (Å²) in [4.78, 5) is 21.1. The monoisotopic (exact) mass is 139 g/mol. The van der Waals surface area contributed by atoms with E-state index in [0.29, 0.717) is 0 Å². The van der Waals surface area contributed by atoms with E-state index in [9.17, 15) is 9.59 Å². The van der Waals surface area contributed by atoms with E-state index in [4.69, 9.17) is 0 Å². The number of amides is 1. The second-order valence-electron chi connectivity index (χ2n) is 2.32. The Kier molecular flexibility index (Phi) is 1.85. The molecule has 0 bridgehead atoms. The van der Waals surface area contributed by atoms with Crippen molar-refractivity contribution in [2.45, 2.75) is 13.3 Å². The van der Waals surface area contributed by atoms with E-state index in [1.54, 1.807) is 0 Å². The highest BCUT2D eigenvalue weighted by Crippen LogP contribution is 2.17. The molecular formula is C7H9NO2. The van der Waals surface area contributed by atoms with Gasteiger partial charge in [0, 0.05) is 5.57 Å². The first-order valence-corrected chi connectivity index (χ1v) is 3.17. The molecule has 0 aromatic rings. The van der Waals surface area contributed by atoms with E-state index >= 15 is 0 Å². The first-order chi connectivity index (χ1) is 4.70.